The molecule has 2 aromatic carbocycles. The highest BCUT2D eigenvalue weighted by molar-refractivity contribution is 5.93. The molecule has 170 valence electrons. The quantitative estimate of drug-likeness (QED) is 0.500. The van der Waals surface area contributed by atoms with Gasteiger partial charge >= 0.3 is 6.03 Å². The fraction of sp³-hybridized carbons (Fsp3) is 0.333. The summed E-state index contributed by atoms with van der Waals surface area (Å²) in [7, 11) is 0. The minimum atomic E-state index is -0.0765. The van der Waals surface area contributed by atoms with Gasteiger partial charge in [0.2, 0.25) is 0 Å². The lowest BCUT2D eigenvalue weighted by molar-refractivity contribution is 0.210. The van der Waals surface area contributed by atoms with Crippen molar-refractivity contribution in [2.75, 3.05) is 31.5 Å². The summed E-state index contributed by atoms with van der Waals surface area (Å²) in [6, 6.07) is 14.0. The smallest absolute Gasteiger partial charge is 0.321 e. The van der Waals surface area contributed by atoms with Gasteiger partial charge in [0.15, 0.2) is 5.82 Å². The minimum absolute atomic E-state index is 0.0765. The molecule has 5 rings (SSSR count). The zero-order valence-corrected chi connectivity index (χ0v) is 18.7. The van der Waals surface area contributed by atoms with Crippen molar-refractivity contribution in [2.45, 2.75) is 26.8 Å². The lowest BCUT2D eigenvalue weighted by Gasteiger charge is -2.22. The van der Waals surface area contributed by atoms with E-state index < -0.39 is 0 Å². The largest absolute Gasteiger partial charge is 0.361 e. The Morgan fingerprint density at radius 1 is 1.00 bits per heavy atom. The van der Waals surface area contributed by atoms with Crippen LogP contribution in [0, 0.1) is 13.8 Å². The van der Waals surface area contributed by atoms with E-state index in [1.807, 2.05) is 55.1 Å². The minimum Gasteiger partial charge on any atom is -0.361 e. The van der Waals surface area contributed by atoms with Crippen molar-refractivity contribution in [3.8, 4) is 11.5 Å². The summed E-state index contributed by atoms with van der Waals surface area (Å²) < 4.78 is 10.6. The Kier molecular flexibility index (Phi) is 5.78. The molecule has 1 fully saturated rings. The molecule has 1 aliphatic heterocycles. The van der Waals surface area contributed by atoms with Crippen LogP contribution in [0.25, 0.3) is 22.2 Å². The van der Waals surface area contributed by atoms with Crippen molar-refractivity contribution < 1.29 is 13.8 Å². The van der Waals surface area contributed by atoms with Crippen LogP contribution in [0.15, 0.2) is 51.5 Å². The molecular formula is C24H26N6O3. The third-order valence-electron chi connectivity index (χ3n) is 5.96. The molecule has 1 saturated heterocycles. The number of carbonyl (C=O) groups excluding carboxylic acids is 1. The van der Waals surface area contributed by atoms with Crippen molar-refractivity contribution in [3.63, 3.8) is 0 Å². The summed E-state index contributed by atoms with van der Waals surface area (Å²) in [6.45, 7) is 7.16. The normalized spacial score (nSPS) is 15.0. The molecule has 33 heavy (non-hydrogen) atoms. The second-order valence-corrected chi connectivity index (χ2v) is 8.32. The third-order valence-corrected chi connectivity index (χ3v) is 5.96. The molecule has 0 saturated carbocycles. The van der Waals surface area contributed by atoms with Crippen molar-refractivity contribution in [2.24, 2.45) is 0 Å². The number of hydrogen-bond donors (Lipinski definition) is 1. The number of rotatable bonds is 4. The Morgan fingerprint density at radius 3 is 2.67 bits per heavy atom. The fourth-order valence-electron chi connectivity index (χ4n) is 4.21. The van der Waals surface area contributed by atoms with Gasteiger partial charge in [-0.3, -0.25) is 4.90 Å². The Bertz CT molecular complexity index is 1260. The number of aromatic nitrogens is 3. The van der Waals surface area contributed by atoms with Gasteiger partial charge in [-0.25, -0.2) is 4.79 Å². The zero-order valence-electron chi connectivity index (χ0n) is 18.7. The van der Waals surface area contributed by atoms with Crippen molar-refractivity contribution in [1.29, 1.82) is 0 Å². The lowest BCUT2D eigenvalue weighted by Crippen LogP contribution is -2.38. The summed E-state index contributed by atoms with van der Waals surface area (Å²) in [6.07, 6.45) is 0.875. The maximum absolute atomic E-state index is 12.9. The average molecular weight is 447 g/mol. The Morgan fingerprint density at radius 2 is 1.85 bits per heavy atom. The second kappa shape index (κ2) is 9.03. The first-order valence-electron chi connectivity index (χ1n) is 11.1. The van der Waals surface area contributed by atoms with Gasteiger partial charge in [-0.2, -0.15) is 4.98 Å². The van der Waals surface area contributed by atoms with E-state index in [4.69, 9.17) is 9.05 Å². The highest BCUT2D eigenvalue weighted by Crippen LogP contribution is 2.25. The molecule has 9 heteroatoms. The van der Waals surface area contributed by atoms with E-state index in [9.17, 15) is 4.79 Å². The van der Waals surface area contributed by atoms with Crippen LogP contribution in [-0.2, 0) is 6.54 Å². The van der Waals surface area contributed by atoms with Gasteiger partial charge in [0.25, 0.3) is 5.89 Å². The number of amides is 2. The number of benzene rings is 2. The van der Waals surface area contributed by atoms with Crippen LogP contribution in [0.2, 0.25) is 0 Å². The third kappa shape index (κ3) is 4.58. The fourth-order valence-corrected chi connectivity index (χ4v) is 4.21. The van der Waals surface area contributed by atoms with Gasteiger partial charge < -0.3 is 19.3 Å². The van der Waals surface area contributed by atoms with Crippen LogP contribution in [-0.4, -0.2) is 57.3 Å². The number of fused-ring (bicyclic) bond motifs is 1. The predicted octanol–water partition coefficient (Wildman–Crippen LogP) is 4.23. The highest BCUT2D eigenvalue weighted by atomic mass is 16.5. The van der Waals surface area contributed by atoms with Crippen LogP contribution in [0.1, 0.15) is 23.7 Å². The number of nitrogens with one attached hydrogen (secondary N) is 1. The first kappa shape index (κ1) is 21.1. The number of hydrogen-bond acceptors (Lipinski definition) is 7. The van der Waals surface area contributed by atoms with Gasteiger partial charge in [0.05, 0.1) is 12.2 Å². The van der Waals surface area contributed by atoms with Crippen molar-refractivity contribution in [3.05, 3.63) is 59.7 Å². The van der Waals surface area contributed by atoms with Crippen LogP contribution in [0.3, 0.4) is 0 Å². The van der Waals surface area contributed by atoms with E-state index in [-0.39, 0.29) is 6.03 Å². The Hall–Kier alpha value is -3.72. The average Bonchev–Trinajstić information content (AvgIpc) is 3.31. The molecule has 0 bridgehead atoms. The summed E-state index contributed by atoms with van der Waals surface area (Å²) in [5, 5.41) is 13.4. The number of nitrogens with zero attached hydrogens (tertiary/aromatic N) is 5. The van der Waals surface area contributed by atoms with Crippen LogP contribution in [0.4, 0.5) is 10.5 Å². The zero-order chi connectivity index (χ0) is 22.8. The van der Waals surface area contributed by atoms with E-state index >= 15 is 0 Å². The lowest BCUT2D eigenvalue weighted by atomic mass is 10.1. The topological polar surface area (TPSA) is 101 Å². The molecule has 3 heterocycles. The summed E-state index contributed by atoms with van der Waals surface area (Å²) >= 11 is 0. The van der Waals surface area contributed by atoms with Gasteiger partial charge in [-0.1, -0.05) is 40.6 Å². The SMILES string of the molecule is Cc1noc(C)c1-c1nc(CN2CCCN(C(=O)Nc3ccc4ccccc4c3)CC2)no1. The summed E-state index contributed by atoms with van der Waals surface area (Å²) in [4.78, 5) is 21.5. The van der Waals surface area contributed by atoms with Gasteiger partial charge in [-0.15, -0.1) is 0 Å². The number of urea groups is 1. The first-order chi connectivity index (χ1) is 16.1. The molecule has 1 aliphatic rings. The Balaban J connectivity index is 1.19. The second-order valence-electron chi connectivity index (χ2n) is 8.32. The van der Waals surface area contributed by atoms with Gasteiger partial charge in [-0.05, 0) is 43.2 Å². The first-order valence-corrected chi connectivity index (χ1v) is 11.1. The maximum Gasteiger partial charge on any atom is 0.321 e. The number of aryl methyl sites for hydroxylation is 2. The molecular weight excluding hydrogens is 420 g/mol. The summed E-state index contributed by atoms with van der Waals surface area (Å²) in [5.41, 5.74) is 2.28. The molecule has 4 aromatic rings. The van der Waals surface area contributed by atoms with E-state index in [1.165, 1.54) is 0 Å². The van der Waals surface area contributed by atoms with E-state index in [0.29, 0.717) is 37.1 Å². The van der Waals surface area contributed by atoms with Crippen molar-refractivity contribution >= 4 is 22.5 Å². The summed E-state index contributed by atoms with van der Waals surface area (Å²) in [5.74, 6) is 1.69. The molecule has 9 nitrogen and oxygen atoms in total. The maximum atomic E-state index is 12.9. The number of carbonyl (C=O) groups is 1. The molecule has 0 aliphatic carbocycles. The van der Waals surface area contributed by atoms with Crippen LogP contribution >= 0.6 is 0 Å². The van der Waals surface area contributed by atoms with Crippen LogP contribution < -0.4 is 5.32 Å². The van der Waals surface area contributed by atoms with Crippen LogP contribution in [0.5, 0.6) is 0 Å². The molecule has 0 spiro atoms. The molecule has 2 amide bonds. The highest BCUT2D eigenvalue weighted by Gasteiger charge is 2.22. The van der Waals surface area contributed by atoms with E-state index in [0.717, 1.165) is 47.2 Å². The molecule has 2 aromatic heterocycles. The predicted molar refractivity (Wildman–Crippen MR) is 124 cm³/mol. The Labute approximate surface area is 191 Å². The van der Waals surface area contributed by atoms with E-state index in [1.54, 1.807) is 0 Å². The molecule has 1 N–H and O–H groups in total. The number of anilines is 1. The molecule has 0 atom stereocenters. The molecule has 0 unspecified atom stereocenters. The van der Waals surface area contributed by atoms with Gasteiger partial charge in [0, 0.05) is 31.9 Å². The standard InChI is InChI=1S/C24H26N6O3/c1-16-22(17(2)32-27-16)23-26-21(28-33-23)15-29-10-5-11-30(13-12-29)24(31)25-20-9-8-18-6-3-4-7-19(18)14-20/h3-4,6-9,14H,5,10-13,15H2,1-2H3,(H,25,31). The van der Waals surface area contributed by atoms with E-state index in [2.05, 4.69) is 31.6 Å². The monoisotopic (exact) mass is 446 g/mol. The molecule has 0 radical (unpaired) electrons. The van der Waals surface area contributed by atoms with Gasteiger partial charge in [0.1, 0.15) is 11.3 Å². The van der Waals surface area contributed by atoms with Crippen molar-refractivity contribution in [1.82, 2.24) is 25.1 Å².